The summed E-state index contributed by atoms with van der Waals surface area (Å²) in [6, 6.07) is 3.56. The lowest BCUT2D eigenvalue weighted by atomic mass is 10.0. The van der Waals surface area contributed by atoms with E-state index >= 15 is 0 Å². The van der Waals surface area contributed by atoms with Crippen molar-refractivity contribution >= 4 is 17.3 Å². The monoisotopic (exact) mass is 272 g/mol. The number of nitrogens with two attached hydrogens (primary N) is 1. The number of hydrogen-bond donors (Lipinski definition) is 2. The Bertz CT molecular complexity index is 403. The van der Waals surface area contributed by atoms with Crippen molar-refractivity contribution in [3.05, 3.63) is 17.2 Å². The Morgan fingerprint density at radius 3 is 2.28 bits per heavy atom. The molecule has 0 aliphatic rings. The van der Waals surface area contributed by atoms with Gasteiger partial charge in [-0.15, -0.1) is 0 Å². The van der Waals surface area contributed by atoms with Gasteiger partial charge in [0.2, 0.25) is 0 Å². The quantitative estimate of drug-likeness (QED) is 0.836. The smallest absolute Gasteiger partial charge is 0.162 e. The van der Waals surface area contributed by atoms with E-state index < -0.39 is 0 Å². The van der Waals surface area contributed by atoms with Gasteiger partial charge < -0.3 is 20.5 Å². The first-order valence-corrected chi connectivity index (χ1v) is 6.19. The maximum Gasteiger partial charge on any atom is 0.162 e. The molecule has 0 fully saturated rings. The van der Waals surface area contributed by atoms with E-state index in [1.165, 1.54) is 0 Å². The van der Waals surface area contributed by atoms with Gasteiger partial charge in [0.05, 0.1) is 24.9 Å². The van der Waals surface area contributed by atoms with E-state index in [9.17, 15) is 0 Å². The van der Waals surface area contributed by atoms with Crippen LogP contribution in [0, 0.1) is 0 Å². The molecule has 0 heterocycles. The van der Waals surface area contributed by atoms with Gasteiger partial charge in [0.25, 0.3) is 0 Å². The molecule has 4 nitrogen and oxygen atoms in total. The molecule has 5 heteroatoms. The van der Waals surface area contributed by atoms with Crippen molar-refractivity contribution in [2.75, 3.05) is 26.1 Å². The Kier molecular flexibility index (Phi) is 5.11. The zero-order valence-electron chi connectivity index (χ0n) is 11.3. The molecule has 0 saturated heterocycles. The van der Waals surface area contributed by atoms with Crippen LogP contribution in [-0.4, -0.2) is 26.3 Å². The largest absolute Gasteiger partial charge is 0.493 e. The first kappa shape index (κ1) is 14.9. The average Bonchev–Trinajstić information content (AvgIpc) is 2.29. The summed E-state index contributed by atoms with van der Waals surface area (Å²) in [5, 5.41) is 3.85. The van der Waals surface area contributed by atoms with Crippen LogP contribution >= 0.6 is 11.6 Å². The Balaban J connectivity index is 2.77. The summed E-state index contributed by atoms with van der Waals surface area (Å²) in [5.41, 5.74) is 6.54. The summed E-state index contributed by atoms with van der Waals surface area (Å²) in [7, 11) is 3.18. The summed E-state index contributed by atoms with van der Waals surface area (Å²) in [4.78, 5) is 0. The maximum atomic E-state index is 6.16. The second-order valence-electron chi connectivity index (χ2n) is 4.85. The van der Waals surface area contributed by atoms with Crippen molar-refractivity contribution in [1.29, 1.82) is 0 Å². The van der Waals surface area contributed by atoms with Crippen molar-refractivity contribution in [3.8, 4) is 11.5 Å². The van der Waals surface area contributed by atoms with Gasteiger partial charge in [-0.1, -0.05) is 11.6 Å². The van der Waals surface area contributed by atoms with Crippen LogP contribution < -0.4 is 20.5 Å². The van der Waals surface area contributed by atoms with Gasteiger partial charge in [0, 0.05) is 24.2 Å². The molecular weight excluding hydrogens is 252 g/mol. The van der Waals surface area contributed by atoms with E-state index in [2.05, 4.69) is 5.32 Å². The molecule has 1 aromatic rings. The molecule has 0 amide bonds. The number of halogens is 1. The SMILES string of the molecule is COc1cc(Cl)c(NCCC(C)(C)N)cc1OC. The molecule has 0 spiro atoms. The Hall–Kier alpha value is -1.13. The molecule has 0 bridgehead atoms. The molecule has 3 N–H and O–H groups in total. The lowest BCUT2D eigenvalue weighted by molar-refractivity contribution is 0.355. The van der Waals surface area contributed by atoms with Crippen LogP contribution in [0.1, 0.15) is 20.3 Å². The minimum Gasteiger partial charge on any atom is -0.493 e. The Labute approximate surface area is 113 Å². The zero-order valence-corrected chi connectivity index (χ0v) is 12.1. The third-order valence-electron chi connectivity index (χ3n) is 2.56. The third kappa shape index (κ3) is 4.27. The highest BCUT2D eigenvalue weighted by molar-refractivity contribution is 6.33. The van der Waals surface area contributed by atoms with Gasteiger partial charge in [0.1, 0.15) is 0 Å². The number of rotatable bonds is 6. The highest BCUT2D eigenvalue weighted by Gasteiger charge is 2.12. The zero-order chi connectivity index (χ0) is 13.8. The van der Waals surface area contributed by atoms with Crippen molar-refractivity contribution in [1.82, 2.24) is 0 Å². The fraction of sp³-hybridized carbons (Fsp3) is 0.538. The number of hydrogen-bond acceptors (Lipinski definition) is 4. The lowest BCUT2D eigenvalue weighted by Gasteiger charge is -2.19. The summed E-state index contributed by atoms with van der Waals surface area (Å²) in [6.07, 6.45) is 0.845. The predicted octanol–water partition coefficient (Wildman–Crippen LogP) is 2.90. The van der Waals surface area contributed by atoms with Gasteiger partial charge in [-0.3, -0.25) is 0 Å². The number of nitrogens with one attached hydrogen (secondary N) is 1. The van der Waals surface area contributed by atoms with E-state index in [1.807, 2.05) is 19.9 Å². The fourth-order valence-electron chi connectivity index (χ4n) is 1.51. The first-order valence-electron chi connectivity index (χ1n) is 5.81. The van der Waals surface area contributed by atoms with Gasteiger partial charge in [-0.05, 0) is 20.3 Å². The molecule has 0 atom stereocenters. The fourth-order valence-corrected chi connectivity index (χ4v) is 1.73. The van der Waals surface area contributed by atoms with E-state index in [0.717, 1.165) is 18.7 Å². The lowest BCUT2D eigenvalue weighted by Crippen LogP contribution is -2.34. The molecule has 102 valence electrons. The number of anilines is 1. The molecule has 1 aromatic carbocycles. The van der Waals surface area contributed by atoms with Crippen LogP contribution in [0.5, 0.6) is 11.5 Å². The molecule has 0 saturated carbocycles. The van der Waals surface area contributed by atoms with Crippen LogP contribution in [0.4, 0.5) is 5.69 Å². The summed E-state index contributed by atoms with van der Waals surface area (Å²) < 4.78 is 10.4. The van der Waals surface area contributed by atoms with Gasteiger partial charge >= 0.3 is 0 Å². The minimum absolute atomic E-state index is 0.198. The van der Waals surface area contributed by atoms with Crippen molar-refractivity contribution in [2.24, 2.45) is 5.73 Å². The van der Waals surface area contributed by atoms with Crippen LogP contribution in [-0.2, 0) is 0 Å². The molecular formula is C13H21ClN2O2. The van der Waals surface area contributed by atoms with E-state index in [1.54, 1.807) is 20.3 Å². The average molecular weight is 273 g/mol. The molecule has 0 aromatic heterocycles. The Morgan fingerprint density at radius 2 is 1.78 bits per heavy atom. The second kappa shape index (κ2) is 6.16. The van der Waals surface area contributed by atoms with E-state index in [-0.39, 0.29) is 5.54 Å². The molecule has 0 aliphatic heterocycles. The summed E-state index contributed by atoms with van der Waals surface area (Å²) >= 11 is 6.16. The molecule has 0 aliphatic carbocycles. The minimum atomic E-state index is -0.198. The summed E-state index contributed by atoms with van der Waals surface area (Å²) in [6.45, 7) is 4.73. The second-order valence-corrected chi connectivity index (χ2v) is 5.26. The molecule has 1 rings (SSSR count). The van der Waals surface area contributed by atoms with E-state index in [0.29, 0.717) is 16.5 Å². The predicted molar refractivity (Wildman–Crippen MR) is 75.9 cm³/mol. The van der Waals surface area contributed by atoms with Crippen molar-refractivity contribution in [2.45, 2.75) is 25.8 Å². The highest BCUT2D eigenvalue weighted by atomic mass is 35.5. The van der Waals surface area contributed by atoms with Gasteiger partial charge in [-0.25, -0.2) is 0 Å². The van der Waals surface area contributed by atoms with Crippen LogP contribution in [0.3, 0.4) is 0 Å². The maximum absolute atomic E-state index is 6.16. The number of methoxy groups -OCH3 is 2. The summed E-state index contributed by atoms with van der Waals surface area (Å²) in [5.74, 6) is 1.27. The molecule has 0 unspecified atom stereocenters. The highest BCUT2D eigenvalue weighted by Crippen LogP contribution is 2.35. The molecule has 18 heavy (non-hydrogen) atoms. The first-order chi connectivity index (χ1) is 8.37. The van der Waals surface area contributed by atoms with E-state index in [4.69, 9.17) is 26.8 Å². The number of benzene rings is 1. The normalized spacial score (nSPS) is 11.2. The number of ether oxygens (including phenoxy) is 2. The van der Waals surface area contributed by atoms with Gasteiger partial charge in [0.15, 0.2) is 11.5 Å². The molecule has 0 radical (unpaired) electrons. The van der Waals surface area contributed by atoms with Crippen molar-refractivity contribution in [3.63, 3.8) is 0 Å². The topological polar surface area (TPSA) is 56.5 Å². The van der Waals surface area contributed by atoms with Crippen LogP contribution in [0.15, 0.2) is 12.1 Å². The third-order valence-corrected chi connectivity index (χ3v) is 2.87. The Morgan fingerprint density at radius 1 is 1.22 bits per heavy atom. The van der Waals surface area contributed by atoms with Crippen LogP contribution in [0.25, 0.3) is 0 Å². The standard InChI is InChI=1S/C13H21ClN2O2/c1-13(2,15)5-6-16-10-8-12(18-4)11(17-3)7-9(10)14/h7-8,16H,5-6,15H2,1-4H3. The van der Waals surface area contributed by atoms with Crippen molar-refractivity contribution < 1.29 is 9.47 Å². The van der Waals surface area contributed by atoms with Gasteiger partial charge in [-0.2, -0.15) is 0 Å². The van der Waals surface area contributed by atoms with Crippen LogP contribution in [0.2, 0.25) is 5.02 Å².